The van der Waals surface area contributed by atoms with Crippen LogP contribution >= 0.6 is 11.6 Å². The number of aryl methyl sites for hydroxylation is 2. The summed E-state index contributed by atoms with van der Waals surface area (Å²) in [6, 6.07) is 5.58. The molecule has 2 aromatic rings. The molecule has 1 aromatic heterocycles. The average molecular weight is 280 g/mol. The SMILES string of the molecule is COC(=O)c1nc(C)n(-c2ccc(C)cc2Cl)c1N. The molecule has 2 rings (SSSR count). The third kappa shape index (κ3) is 2.29. The highest BCUT2D eigenvalue weighted by Crippen LogP contribution is 2.27. The topological polar surface area (TPSA) is 70.1 Å². The molecule has 1 aromatic carbocycles. The summed E-state index contributed by atoms with van der Waals surface area (Å²) in [5.74, 6) is 0.223. The van der Waals surface area contributed by atoms with Crippen LogP contribution in [-0.4, -0.2) is 22.6 Å². The molecule has 0 spiro atoms. The molecule has 0 saturated carbocycles. The van der Waals surface area contributed by atoms with Crippen LogP contribution < -0.4 is 5.73 Å². The normalized spacial score (nSPS) is 10.5. The van der Waals surface area contributed by atoms with Crippen molar-refractivity contribution in [2.24, 2.45) is 0 Å². The van der Waals surface area contributed by atoms with Gasteiger partial charge in [-0.25, -0.2) is 9.78 Å². The molecule has 0 aliphatic rings. The van der Waals surface area contributed by atoms with Crippen LogP contribution in [0.3, 0.4) is 0 Å². The minimum atomic E-state index is -0.567. The molecule has 100 valence electrons. The fraction of sp³-hybridized carbons (Fsp3) is 0.231. The van der Waals surface area contributed by atoms with Crippen molar-refractivity contribution >= 4 is 23.4 Å². The first-order valence-corrected chi connectivity index (χ1v) is 6.03. The van der Waals surface area contributed by atoms with Crippen LogP contribution in [0, 0.1) is 13.8 Å². The Hall–Kier alpha value is -2.01. The first kappa shape index (κ1) is 13.4. The zero-order valence-electron chi connectivity index (χ0n) is 10.9. The lowest BCUT2D eigenvalue weighted by Crippen LogP contribution is -2.08. The van der Waals surface area contributed by atoms with E-state index >= 15 is 0 Å². The standard InChI is InChI=1S/C13H14ClN3O2/c1-7-4-5-10(9(14)6-7)17-8(2)16-11(12(17)15)13(18)19-3/h4-6H,15H2,1-3H3. The van der Waals surface area contributed by atoms with E-state index in [2.05, 4.69) is 9.72 Å². The van der Waals surface area contributed by atoms with E-state index < -0.39 is 5.97 Å². The van der Waals surface area contributed by atoms with Crippen molar-refractivity contribution in [3.63, 3.8) is 0 Å². The van der Waals surface area contributed by atoms with Gasteiger partial charge in [-0.3, -0.25) is 4.57 Å². The van der Waals surface area contributed by atoms with Crippen LogP contribution in [0.2, 0.25) is 5.02 Å². The van der Waals surface area contributed by atoms with E-state index in [9.17, 15) is 4.79 Å². The summed E-state index contributed by atoms with van der Waals surface area (Å²) in [5.41, 5.74) is 7.78. The number of benzene rings is 1. The molecule has 0 saturated heterocycles. The molecule has 0 bridgehead atoms. The van der Waals surface area contributed by atoms with E-state index in [0.29, 0.717) is 16.5 Å². The number of aromatic nitrogens is 2. The molecule has 6 heteroatoms. The summed E-state index contributed by atoms with van der Waals surface area (Å²) in [5, 5.41) is 0.545. The lowest BCUT2D eigenvalue weighted by atomic mass is 10.2. The Morgan fingerprint density at radius 3 is 2.68 bits per heavy atom. The first-order valence-electron chi connectivity index (χ1n) is 5.65. The number of hydrogen-bond acceptors (Lipinski definition) is 4. The van der Waals surface area contributed by atoms with Crippen molar-refractivity contribution in [1.29, 1.82) is 0 Å². The number of ether oxygens (including phenoxy) is 1. The lowest BCUT2D eigenvalue weighted by Gasteiger charge is -2.10. The minimum absolute atomic E-state index is 0.0941. The highest BCUT2D eigenvalue weighted by Gasteiger charge is 2.21. The second-order valence-electron chi connectivity index (χ2n) is 4.17. The van der Waals surface area contributed by atoms with Gasteiger partial charge in [0.05, 0.1) is 17.8 Å². The van der Waals surface area contributed by atoms with Gasteiger partial charge in [-0.2, -0.15) is 0 Å². The molecule has 0 unspecified atom stereocenters. The van der Waals surface area contributed by atoms with E-state index in [-0.39, 0.29) is 11.5 Å². The van der Waals surface area contributed by atoms with Crippen molar-refractivity contribution in [3.05, 3.63) is 40.3 Å². The third-order valence-electron chi connectivity index (χ3n) is 2.80. The van der Waals surface area contributed by atoms with Gasteiger partial charge >= 0.3 is 5.97 Å². The number of esters is 1. The molecule has 19 heavy (non-hydrogen) atoms. The maximum absolute atomic E-state index is 11.6. The van der Waals surface area contributed by atoms with Crippen LogP contribution in [0.5, 0.6) is 0 Å². The molecule has 0 radical (unpaired) electrons. The fourth-order valence-electron chi connectivity index (χ4n) is 1.89. The van der Waals surface area contributed by atoms with E-state index in [1.54, 1.807) is 11.5 Å². The Morgan fingerprint density at radius 1 is 1.42 bits per heavy atom. The quantitative estimate of drug-likeness (QED) is 0.858. The molecule has 1 heterocycles. The zero-order valence-corrected chi connectivity index (χ0v) is 11.7. The number of methoxy groups -OCH3 is 1. The minimum Gasteiger partial charge on any atom is -0.464 e. The largest absolute Gasteiger partial charge is 0.464 e. The molecule has 0 atom stereocenters. The van der Waals surface area contributed by atoms with E-state index in [4.69, 9.17) is 17.3 Å². The van der Waals surface area contributed by atoms with E-state index in [1.165, 1.54) is 7.11 Å². The Morgan fingerprint density at radius 2 is 2.11 bits per heavy atom. The maximum Gasteiger partial charge on any atom is 0.360 e. The Bertz CT molecular complexity index is 650. The highest BCUT2D eigenvalue weighted by atomic mass is 35.5. The third-order valence-corrected chi connectivity index (χ3v) is 3.11. The summed E-state index contributed by atoms with van der Waals surface area (Å²) in [4.78, 5) is 15.7. The number of nitrogens with zero attached hydrogens (tertiary/aromatic N) is 2. The summed E-state index contributed by atoms with van der Waals surface area (Å²) in [6.07, 6.45) is 0. The van der Waals surface area contributed by atoms with Gasteiger partial charge < -0.3 is 10.5 Å². The average Bonchev–Trinajstić information content (AvgIpc) is 2.65. The Kier molecular flexibility index (Phi) is 3.48. The number of carbonyl (C=O) groups is 1. The highest BCUT2D eigenvalue weighted by molar-refractivity contribution is 6.32. The van der Waals surface area contributed by atoms with Crippen molar-refractivity contribution in [2.45, 2.75) is 13.8 Å². The van der Waals surface area contributed by atoms with Crippen molar-refractivity contribution in [1.82, 2.24) is 9.55 Å². The van der Waals surface area contributed by atoms with Crippen molar-refractivity contribution < 1.29 is 9.53 Å². The number of carbonyl (C=O) groups excluding carboxylic acids is 1. The van der Waals surface area contributed by atoms with Crippen LogP contribution in [0.25, 0.3) is 5.69 Å². The predicted octanol–water partition coefficient (Wildman–Crippen LogP) is 2.51. The van der Waals surface area contributed by atoms with Crippen molar-refractivity contribution in [2.75, 3.05) is 12.8 Å². The van der Waals surface area contributed by atoms with Crippen molar-refractivity contribution in [3.8, 4) is 5.69 Å². The second kappa shape index (κ2) is 4.93. The molecular formula is C13H14ClN3O2. The van der Waals surface area contributed by atoms with Gasteiger partial charge in [0.1, 0.15) is 11.6 Å². The first-order chi connectivity index (χ1) is 8.95. The molecular weight excluding hydrogens is 266 g/mol. The van der Waals surface area contributed by atoms with Crippen LogP contribution in [0.4, 0.5) is 5.82 Å². The second-order valence-corrected chi connectivity index (χ2v) is 4.58. The summed E-state index contributed by atoms with van der Waals surface area (Å²) in [7, 11) is 1.29. The number of anilines is 1. The number of rotatable bonds is 2. The van der Waals surface area contributed by atoms with Gasteiger partial charge in [0, 0.05) is 0 Å². The summed E-state index contributed by atoms with van der Waals surface area (Å²) >= 11 is 6.21. The maximum atomic E-state index is 11.6. The van der Waals surface area contributed by atoms with Gasteiger partial charge in [0.2, 0.25) is 0 Å². The van der Waals surface area contributed by atoms with Crippen LogP contribution in [-0.2, 0) is 4.74 Å². The Balaban J connectivity index is 2.63. The lowest BCUT2D eigenvalue weighted by molar-refractivity contribution is 0.0596. The van der Waals surface area contributed by atoms with Gasteiger partial charge in [-0.05, 0) is 31.5 Å². The van der Waals surface area contributed by atoms with Crippen LogP contribution in [0.15, 0.2) is 18.2 Å². The number of nitrogen functional groups attached to an aromatic ring is 1. The predicted molar refractivity (Wildman–Crippen MR) is 73.8 cm³/mol. The Labute approximate surface area is 116 Å². The molecule has 5 nitrogen and oxygen atoms in total. The fourth-order valence-corrected chi connectivity index (χ4v) is 2.21. The van der Waals surface area contributed by atoms with Gasteiger partial charge in [-0.15, -0.1) is 0 Å². The van der Waals surface area contributed by atoms with Gasteiger partial charge in [0.15, 0.2) is 5.69 Å². The molecule has 0 amide bonds. The summed E-state index contributed by atoms with van der Waals surface area (Å²) < 4.78 is 6.28. The van der Waals surface area contributed by atoms with Gasteiger partial charge in [0.25, 0.3) is 0 Å². The number of halogens is 1. The van der Waals surface area contributed by atoms with E-state index in [0.717, 1.165) is 5.56 Å². The molecule has 2 N–H and O–H groups in total. The molecule has 0 fully saturated rings. The van der Waals surface area contributed by atoms with Gasteiger partial charge in [-0.1, -0.05) is 17.7 Å². The number of imidazole rings is 1. The number of hydrogen-bond donors (Lipinski definition) is 1. The number of nitrogens with two attached hydrogens (primary N) is 1. The zero-order chi connectivity index (χ0) is 14.2. The van der Waals surface area contributed by atoms with Crippen LogP contribution in [0.1, 0.15) is 21.9 Å². The smallest absolute Gasteiger partial charge is 0.360 e. The molecule has 0 aliphatic carbocycles. The monoisotopic (exact) mass is 279 g/mol. The summed E-state index contributed by atoms with van der Waals surface area (Å²) in [6.45, 7) is 3.69. The molecule has 0 aliphatic heterocycles. The van der Waals surface area contributed by atoms with E-state index in [1.807, 2.05) is 25.1 Å².